The van der Waals surface area contributed by atoms with Crippen molar-refractivity contribution < 1.29 is 0 Å². The lowest BCUT2D eigenvalue weighted by Crippen LogP contribution is -2.28. The summed E-state index contributed by atoms with van der Waals surface area (Å²) in [5.74, 6) is 0. The van der Waals surface area contributed by atoms with E-state index in [1.54, 1.807) is 6.07 Å². The van der Waals surface area contributed by atoms with Gasteiger partial charge in [-0.2, -0.15) is 0 Å². The predicted octanol–water partition coefficient (Wildman–Crippen LogP) is 3.21. The molecule has 1 rings (SSSR count). The summed E-state index contributed by atoms with van der Waals surface area (Å²) in [5.41, 5.74) is 1.05. The fraction of sp³-hybridized carbons (Fsp3) is 0.500. The molecule has 0 saturated heterocycles. The molecule has 0 heterocycles. The number of likely N-dealkylation sites (N-methyl/N-ethyl adjacent to an activating group) is 1. The van der Waals surface area contributed by atoms with Crippen LogP contribution in [0.3, 0.4) is 0 Å². The van der Waals surface area contributed by atoms with Gasteiger partial charge in [0, 0.05) is 19.1 Å². The van der Waals surface area contributed by atoms with E-state index in [0.29, 0.717) is 10.0 Å². The molecule has 0 aliphatic heterocycles. The van der Waals surface area contributed by atoms with Gasteiger partial charge in [-0.15, -0.1) is 0 Å². The lowest BCUT2D eigenvalue weighted by Gasteiger charge is -2.18. The Bertz CT molecular complexity index is 340. The van der Waals surface area contributed by atoms with Gasteiger partial charge in [-0.1, -0.05) is 35.3 Å². The van der Waals surface area contributed by atoms with Crippen LogP contribution in [0.25, 0.3) is 0 Å². The summed E-state index contributed by atoms with van der Waals surface area (Å²) in [5, 5.41) is 4.67. The molecule has 0 radical (unpaired) electrons. The van der Waals surface area contributed by atoms with Gasteiger partial charge in [0.25, 0.3) is 0 Å². The number of benzene rings is 1. The molecule has 2 nitrogen and oxygen atoms in total. The summed E-state index contributed by atoms with van der Waals surface area (Å²) in [6.07, 6.45) is 0. The molecule has 1 aromatic rings. The Morgan fingerprint density at radius 3 is 2.62 bits per heavy atom. The van der Waals surface area contributed by atoms with Crippen LogP contribution in [0.2, 0.25) is 10.0 Å². The van der Waals surface area contributed by atoms with Gasteiger partial charge in [0.15, 0.2) is 0 Å². The van der Waals surface area contributed by atoms with E-state index in [2.05, 4.69) is 31.2 Å². The van der Waals surface area contributed by atoms with E-state index in [9.17, 15) is 0 Å². The van der Waals surface area contributed by atoms with E-state index in [4.69, 9.17) is 23.2 Å². The first-order valence-corrected chi connectivity index (χ1v) is 6.10. The Morgan fingerprint density at radius 1 is 1.31 bits per heavy atom. The van der Waals surface area contributed by atoms with Crippen molar-refractivity contribution in [2.24, 2.45) is 0 Å². The van der Waals surface area contributed by atoms with Gasteiger partial charge in [0.1, 0.15) is 0 Å². The van der Waals surface area contributed by atoms with Gasteiger partial charge < -0.3 is 10.2 Å². The first-order chi connectivity index (χ1) is 7.52. The second-order valence-corrected chi connectivity index (χ2v) is 4.91. The average molecular weight is 261 g/mol. The van der Waals surface area contributed by atoms with Crippen molar-refractivity contribution in [1.29, 1.82) is 0 Å². The van der Waals surface area contributed by atoms with E-state index in [-0.39, 0.29) is 6.04 Å². The van der Waals surface area contributed by atoms with Crippen LogP contribution in [-0.4, -0.2) is 32.1 Å². The van der Waals surface area contributed by atoms with Crippen molar-refractivity contribution >= 4 is 23.2 Å². The van der Waals surface area contributed by atoms with Crippen LogP contribution in [0.5, 0.6) is 0 Å². The van der Waals surface area contributed by atoms with Crippen LogP contribution in [0.15, 0.2) is 18.2 Å². The van der Waals surface area contributed by atoms with Gasteiger partial charge in [-0.3, -0.25) is 0 Å². The second kappa shape index (κ2) is 6.45. The average Bonchev–Trinajstić information content (AvgIpc) is 2.21. The molecule has 0 aliphatic carbocycles. The summed E-state index contributed by atoms with van der Waals surface area (Å²) in [6.45, 7) is 4.02. The number of hydrogen-bond acceptors (Lipinski definition) is 2. The zero-order valence-electron chi connectivity index (χ0n) is 9.93. The number of rotatable bonds is 5. The molecule has 90 valence electrons. The Morgan fingerprint density at radius 2 is 2.00 bits per heavy atom. The maximum absolute atomic E-state index is 6.15. The summed E-state index contributed by atoms with van der Waals surface area (Å²) >= 11 is 12.1. The summed E-state index contributed by atoms with van der Waals surface area (Å²) in [4.78, 5) is 2.14. The fourth-order valence-corrected chi connectivity index (χ4v) is 1.94. The quantitative estimate of drug-likeness (QED) is 0.875. The van der Waals surface area contributed by atoms with E-state index in [1.165, 1.54) is 0 Å². The minimum absolute atomic E-state index is 0.214. The summed E-state index contributed by atoms with van der Waals surface area (Å²) < 4.78 is 0. The highest BCUT2D eigenvalue weighted by Gasteiger charge is 2.10. The predicted molar refractivity (Wildman–Crippen MR) is 71.4 cm³/mol. The number of nitrogens with one attached hydrogen (secondary N) is 1. The topological polar surface area (TPSA) is 15.3 Å². The molecule has 4 heteroatoms. The molecular weight excluding hydrogens is 243 g/mol. The van der Waals surface area contributed by atoms with Crippen LogP contribution < -0.4 is 5.32 Å². The van der Waals surface area contributed by atoms with Crippen LogP contribution in [0.4, 0.5) is 0 Å². The standard InChI is InChI=1S/C12H18Cl2N2/c1-9(15-7-8-16(2)3)10-5-4-6-11(13)12(10)14/h4-6,9,15H,7-8H2,1-3H3. The van der Waals surface area contributed by atoms with Crippen molar-refractivity contribution in [2.45, 2.75) is 13.0 Å². The van der Waals surface area contributed by atoms with Crippen molar-refractivity contribution in [2.75, 3.05) is 27.2 Å². The molecule has 16 heavy (non-hydrogen) atoms. The SMILES string of the molecule is CC(NCCN(C)C)c1cccc(Cl)c1Cl. The van der Waals surface area contributed by atoms with Crippen LogP contribution in [0.1, 0.15) is 18.5 Å². The minimum atomic E-state index is 0.214. The zero-order chi connectivity index (χ0) is 12.1. The van der Waals surface area contributed by atoms with E-state index >= 15 is 0 Å². The van der Waals surface area contributed by atoms with Crippen molar-refractivity contribution in [3.8, 4) is 0 Å². The smallest absolute Gasteiger partial charge is 0.0639 e. The molecule has 0 aromatic heterocycles. The molecule has 0 fully saturated rings. The maximum Gasteiger partial charge on any atom is 0.0639 e. The van der Waals surface area contributed by atoms with Crippen molar-refractivity contribution in [3.05, 3.63) is 33.8 Å². The lowest BCUT2D eigenvalue weighted by atomic mass is 10.1. The molecule has 0 bridgehead atoms. The number of halogens is 2. The fourth-order valence-electron chi connectivity index (χ4n) is 1.47. The molecule has 1 atom stereocenters. The molecule has 0 amide bonds. The monoisotopic (exact) mass is 260 g/mol. The first-order valence-electron chi connectivity index (χ1n) is 5.34. The largest absolute Gasteiger partial charge is 0.309 e. The highest BCUT2D eigenvalue weighted by Crippen LogP contribution is 2.29. The van der Waals surface area contributed by atoms with Crippen molar-refractivity contribution in [3.63, 3.8) is 0 Å². The Hall–Kier alpha value is -0.280. The van der Waals surface area contributed by atoms with Gasteiger partial charge in [-0.25, -0.2) is 0 Å². The molecule has 0 spiro atoms. The van der Waals surface area contributed by atoms with E-state index in [1.807, 2.05) is 12.1 Å². The molecular formula is C12H18Cl2N2. The Kier molecular flexibility index (Phi) is 5.56. The molecule has 1 unspecified atom stereocenters. The molecule has 0 aliphatic rings. The summed E-state index contributed by atoms with van der Waals surface area (Å²) in [7, 11) is 4.11. The third-order valence-electron chi connectivity index (χ3n) is 2.46. The second-order valence-electron chi connectivity index (χ2n) is 4.12. The lowest BCUT2D eigenvalue weighted by molar-refractivity contribution is 0.389. The van der Waals surface area contributed by atoms with Gasteiger partial charge >= 0.3 is 0 Å². The normalized spacial score (nSPS) is 13.1. The molecule has 0 saturated carbocycles. The van der Waals surface area contributed by atoms with Gasteiger partial charge in [-0.05, 0) is 32.6 Å². The third-order valence-corrected chi connectivity index (χ3v) is 3.29. The van der Waals surface area contributed by atoms with Gasteiger partial charge in [0.2, 0.25) is 0 Å². The van der Waals surface area contributed by atoms with Gasteiger partial charge in [0.05, 0.1) is 10.0 Å². The first kappa shape index (κ1) is 13.8. The highest BCUT2D eigenvalue weighted by atomic mass is 35.5. The summed E-state index contributed by atoms with van der Waals surface area (Å²) in [6, 6.07) is 5.95. The van der Waals surface area contributed by atoms with Crippen LogP contribution >= 0.6 is 23.2 Å². The molecule has 1 N–H and O–H groups in total. The Balaban J connectivity index is 2.59. The molecule has 1 aromatic carbocycles. The number of nitrogens with zero attached hydrogens (tertiary/aromatic N) is 1. The minimum Gasteiger partial charge on any atom is -0.309 e. The van der Waals surface area contributed by atoms with E-state index in [0.717, 1.165) is 18.7 Å². The number of hydrogen-bond donors (Lipinski definition) is 1. The Labute approximate surface area is 108 Å². The van der Waals surface area contributed by atoms with E-state index < -0.39 is 0 Å². The maximum atomic E-state index is 6.15. The van der Waals surface area contributed by atoms with Crippen molar-refractivity contribution in [1.82, 2.24) is 10.2 Å². The van der Waals surface area contributed by atoms with Crippen LogP contribution in [0, 0.1) is 0 Å². The van der Waals surface area contributed by atoms with Crippen LogP contribution in [-0.2, 0) is 0 Å². The highest BCUT2D eigenvalue weighted by molar-refractivity contribution is 6.42. The third kappa shape index (κ3) is 3.95. The zero-order valence-corrected chi connectivity index (χ0v) is 11.4.